The molecule has 3 heterocycles. The summed E-state index contributed by atoms with van der Waals surface area (Å²) >= 11 is 13.2. The van der Waals surface area contributed by atoms with Crippen molar-refractivity contribution in [3.8, 4) is 10.7 Å². The molecule has 0 bridgehead atoms. The number of H-pyrrole nitrogens is 1. The lowest BCUT2D eigenvalue weighted by atomic mass is 10.2. The smallest absolute Gasteiger partial charge is 0.410 e. The topological polar surface area (TPSA) is 91.4 Å². The van der Waals surface area contributed by atoms with Gasteiger partial charge in [0.15, 0.2) is 16.8 Å². The van der Waals surface area contributed by atoms with Crippen molar-refractivity contribution in [3.63, 3.8) is 0 Å². The molecule has 0 spiro atoms. The van der Waals surface area contributed by atoms with Gasteiger partial charge in [0.25, 0.3) is 11.5 Å². The number of nitrogens with zero attached hydrogens (tertiary/aromatic N) is 4. The lowest BCUT2D eigenvalue weighted by Gasteiger charge is -2.27. The van der Waals surface area contributed by atoms with E-state index >= 15 is 0 Å². The van der Waals surface area contributed by atoms with Crippen molar-refractivity contribution in [1.29, 1.82) is 0 Å². The van der Waals surface area contributed by atoms with E-state index in [0.29, 0.717) is 4.88 Å². The zero-order chi connectivity index (χ0) is 22.3. The van der Waals surface area contributed by atoms with Crippen LogP contribution in [0, 0.1) is 0 Å². The summed E-state index contributed by atoms with van der Waals surface area (Å²) in [5, 5.41) is -0.213. The standard InChI is InChI=1S/C17H19Cl2F2N5O3S/c1-16(2,3)29-15(28)26-5-4-25(6-17(20,21)7-26)13-9(18)14(27)24-12(23-13)10-11(19)22-8-30-10/h8H,4-7H2,1-3H3,(H,23,24,27). The van der Waals surface area contributed by atoms with Crippen LogP contribution in [-0.2, 0) is 4.74 Å². The van der Waals surface area contributed by atoms with Gasteiger partial charge in [0.1, 0.15) is 15.5 Å². The maximum absolute atomic E-state index is 14.6. The molecule has 1 aliphatic rings. The molecular formula is C17H19Cl2F2N5O3S. The van der Waals surface area contributed by atoms with Gasteiger partial charge < -0.3 is 19.5 Å². The summed E-state index contributed by atoms with van der Waals surface area (Å²) in [6.45, 7) is 3.26. The van der Waals surface area contributed by atoms with E-state index in [4.69, 9.17) is 27.9 Å². The minimum absolute atomic E-state index is 0.0269. The van der Waals surface area contributed by atoms with Crippen molar-refractivity contribution >= 4 is 46.4 Å². The zero-order valence-electron chi connectivity index (χ0n) is 16.3. The van der Waals surface area contributed by atoms with Crippen molar-refractivity contribution in [3.05, 3.63) is 26.0 Å². The van der Waals surface area contributed by atoms with Crippen LogP contribution in [0.25, 0.3) is 10.7 Å². The highest BCUT2D eigenvalue weighted by Crippen LogP contribution is 2.32. The third kappa shape index (κ3) is 5.19. The summed E-state index contributed by atoms with van der Waals surface area (Å²) in [4.78, 5) is 37.7. The molecule has 0 aromatic carbocycles. The highest BCUT2D eigenvalue weighted by atomic mass is 35.5. The highest BCUT2D eigenvalue weighted by Gasteiger charge is 2.41. The quantitative estimate of drug-likeness (QED) is 0.699. The van der Waals surface area contributed by atoms with Gasteiger partial charge >= 0.3 is 6.09 Å². The number of rotatable bonds is 2. The van der Waals surface area contributed by atoms with Crippen LogP contribution in [0.3, 0.4) is 0 Å². The molecule has 164 valence electrons. The number of amides is 1. The molecule has 8 nitrogen and oxygen atoms in total. The molecule has 0 saturated carbocycles. The number of halogens is 4. The second-order valence-corrected chi connectivity index (χ2v) is 9.29. The fraction of sp³-hybridized carbons (Fsp3) is 0.529. The molecule has 3 rings (SSSR count). The fourth-order valence-corrected chi connectivity index (χ4v) is 3.98. The lowest BCUT2D eigenvalue weighted by molar-refractivity contribution is -0.0285. The summed E-state index contributed by atoms with van der Waals surface area (Å²) in [6, 6.07) is 0. The Morgan fingerprint density at radius 1 is 1.30 bits per heavy atom. The molecule has 0 unspecified atom stereocenters. The van der Waals surface area contributed by atoms with Crippen LogP contribution in [-0.4, -0.2) is 63.6 Å². The number of carbonyl (C=O) groups is 1. The summed E-state index contributed by atoms with van der Waals surface area (Å²) in [7, 11) is 0. The molecular weight excluding hydrogens is 463 g/mol. The van der Waals surface area contributed by atoms with Gasteiger partial charge in [-0.25, -0.2) is 23.5 Å². The number of hydrogen-bond donors (Lipinski definition) is 1. The van der Waals surface area contributed by atoms with Gasteiger partial charge in [-0.2, -0.15) is 0 Å². The summed E-state index contributed by atoms with van der Waals surface area (Å²) in [5.41, 5.74) is -0.0541. The summed E-state index contributed by atoms with van der Waals surface area (Å²) in [5.74, 6) is -3.34. The molecule has 1 aliphatic heterocycles. The molecule has 0 atom stereocenters. The van der Waals surface area contributed by atoms with Crippen LogP contribution in [0.2, 0.25) is 10.2 Å². The van der Waals surface area contributed by atoms with Crippen LogP contribution in [0.4, 0.5) is 19.4 Å². The predicted molar refractivity (Wildman–Crippen MR) is 111 cm³/mol. The number of nitrogens with one attached hydrogen (secondary N) is 1. The Morgan fingerprint density at radius 2 is 2.00 bits per heavy atom. The maximum Gasteiger partial charge on any atom is 0.410 e. The van der Waals surface area contributed by atoms with E-state index in [9.17, 15) is 18.4 Å². The Labute approximate surface area is 184 Å². The van der Waals surface area contributed by atoms with Gasteiger partial charge in [0.05, 0.1) is 18.6 Å². The second kappa shape index (κ2) is 8.27. The van der Waals surface area contributed by atoms with E-state index in [0.717, 1.165) is 16.2 Å². The molecule has 1 fully saturated rings. The molecule has 1 N–H and O–H groups in total. The van der Waals surface area contributed by atoms with E-state index in [1.807, 2.05) is 0 Å². The van der Waals surface area contributed by atoms with Gasteiger partial charge in [-0.15, -0.1) is 11.3 Å². The van der Waals surface area contributed by atoms with Gasteiger partial charge in [0.2, 0.25) is 0 Å². The molecule has 30 heavy (non-hydrogen) atoms. The highest BCUT2D eigenvalue weighted by molar-refractivity contribution is 7.13. The van der Waals surface area contributed by atoms with Crippen molar-refractivity contribution < 1.29 is 18.3 Å². The molecule has 1 amide bonds. The first-order valence-corrected chi connectivity index (χ1v) is 10.5. The number of ether oxygens (including phenoxy) is 1. The molecule has 2 aromatic rings. The minimum atomic E-state index is -3.29. The monoisotopic (exact) mass is 481 g/mol. The average molecular weight is 482 g/mol. The summed E-state index contributed by atoms with van der Waals surface area (Å²) in [6.07, 6.45) is -0.842. The van der Waals surface area contributed by atoms with Crippen molar-refractivity contribution in [2.45, 2.75) is 32.3 Å². The minimum Gasteiger partial charge on any atom is -0.444 e. The Hall–Kier alpha value is -1.98. The third-order valence-electron chi connectivity index (χ3n) is 4.02. The fourth-order valence-electron chi connectivity index (χ4n) is 2.82. The first-order chi connectivity index (χ1) is 13.9. The molecule has 2 aromatic heterocycles. The number of alkyl halides is 2. The van der Waals surface area contributed by atoms with E-state index in [1.54, 1.807) is 20.8 Å². The first-order valence-electron chi connectivity index (χ1n) is 8.86. The van der Waals surface area contributed by atoms with Crippen LogP contribution < -0.4 is 10.5 Å². The SMILES string of the molecule is CC(C)(C)OC(=O)N1CCN(c2nc(-c3scnc3Cl)[nH]c(=O)c2Cl)CC(F)(F)C1. The van der Waals surface area contributed by atoms with Crippen LogP contribution >= 0.6 is 34.5 Å². The molecule has 13 heteroatoms. The van der Waals surface area contributed by atoms with Gasteiger partial charge in [-0.3, -0.25) is 4.79 Å². The Kier molecular flexibility index (Phi) is 6.26. The number of aromatic amines is 1. The van der Waals surface area contributed by atoms with Crippen LogP contribution in [0.15, 0.2) is 10.3 Å². The number of carbonyl (C=O) groups excluding carboxylic acids is 1. The number of thiazole rings is 1. The second-order valence-electron chi connectivity index (χ2n) is 7.70. The maximum atomic E-state index is 14.6. The van der Waals surface area contributed by atoms with E-state index < -0.39 is 36.3 Å². The van der Waals surface area contributed by atoms with Crippen molar-refractivity contribution in [1.82, 2.24) is 19.9 Å². The zero-order valence-corrected chi connectivity index (χ0v) is 18.7. The van der Waals surface area contributed by atoms with Gasteiger partial charge in [-0.1, -0.05) is 23.2 Å². The van der Waals surface area contributed by atoms with E-state index in [2.05, 4.69) is 15.0 Å². The van der Waals surface area contributed by atoms with Crippen molar-refractivity contribution in [2.24, 2.45) is 0 Å². The third-order valence-corrected chi connectivity index (χ3v) is 5.59. The van der Waals surface area contributed by atoms with E-state index in [-0.39, 0.29) is 34.9 Å². The number of anilines is 1. The number of aromatic nitrogens is 3. The van der Waals surface area contributed by atoms with Crippen molar-refractivity contribution in [2.75, 3.05) is 31.1 Å². The normalized spacial score (nSPS) is 17.0. The predicted octanol–water partition coefficient (Wildman–Crippen LogP) is 3.89. The largest absolute Gasteiger partial charge is 0.444 e. The van der Waals surface area contributed by atoms with E-state index in [1.165, 1.54) is 10.4 Å². The molecule has 0 aliphatic carbocycles. The van der Waals surface area contributed by atoms with Crippen LogP contribution in [0.1, 0.15) is 20.8 Å². The Bertz CT molecular complexity index is 1010. The number of hydrogen-bond acceptors (Lipinski definition) is 7. The molecule has 0 radical (unpaired) electrons. The lowest BCUT2D eigenvalue weighted by Crippen LogP contribution is -2.44. The Morgan fingerprint density at radius 3 is 2.60 bits per heavy atom. The molecule has 1 saturated heterocycles. The average Bonchev–Trinajstić information content (AvgIpc) is 2.96. The van der Waals surface area contributed by atoms with Crippen LogP contribution in [0.5, 0.6) is 0 Å². The first kappa shape index (κ1) is 22.7. The Balaban J connectivity index is 1.93. The van der Waals surface area contributed by atoms with Gasteiger partial charge in [-0.05, 0) is 20.8 Å². The van der Waals surface area contributed by atoms with Gasteiger partial charge in [0, 0.05) is 13.1 Å². The summed E-state index contributed by atoms with van der Waals surface area (Å²) < 4.78 is 34.5.